The molecule has 0 radical (unpaired) electrons. The lowest BCUT2D eigenvalue weighted by molar-refractivity contribution is 0.102. The lowest BCUT2D eigenvalue weighted by Gasteiger charge is -2.14. The van der Waals surface area contributed by atoms with Gasteiger partial charge in [0.1, 0.15) is 17.0 Å². The molecule has 0 saturated carbocycles. The van der Waals surface area contributed by atoms with Crippen molar-refractivity contribution in [3.63, 3.8) is 0 Å². The average Bonchev–Trinajstić information content (AvgIpc) is 2.71. The van der Waals surface area contributed by atoms with Gasteiger partial charge in [0.05, 0.1) is 23.6 Å². The van der Waals surface area contributed by atoms with Gasteiger partial charge in [0.15, 0.2) is 5.69 Å². The van der Waals surface area contributed by atoms with Gasteiger partial charge in [-0.25, -0.2) is 14.1 Å². The van der Waals surface area contributed by atoms with E-state index in [0.717, 1.165) is 11.6 Å². The van der Waals surface area contributed by atoms with E-state index >= 15 is 0 Å². The Kier molecular flexibility index (Phi) is 4.96. The van der Waals surface area contributed by atoms with Crippen molar-refractivity contribution < 1.29 is 9.18 Å². The topological polar surface area (TPSA) is 103 Å². The van der Waals surface area contributed by atoms with Gasteiger partial charge in [0, 0.05) is 10.7 Å². The lowest BCUT2D eigenvalue weighted by atomic mass is 10.1. The molecule has 30 heavy (non-hydrogen) atoms. The third kappa shape index (κ3) is 3.50. The van der Waals surface area contributed by atoms with E-state index in [1.807, 2.05) is 6.92 Å². The molecule has 0 aliphatic carbocycles. The molecule has 0 aliphatic heterocycles. The summed E-state index contributed by atoms with van der Waals surface area (Å²) in [6, 6.07) is 7.21. The Hall–Kier alpha value is -3.72. The molecule has 0 bridgehead atoms. The standard InChI is InChI=1S/C20H14ClFN6O2/c1-10-7-16-17(25-11(10)2)19(29)18(20(30)26-13-5-6-23-24-9-13)27-28(16)15-4-3-12(21)8-14(15)22/h3-9H,1-2H3,(H,23,26,30). The number of rotatable bonds is 3. The molecule has 0 spiro atoms. The molecule has 150 valence electrons. The van der Waals surface area contributed by atoms with E-state index in [9.17, 15) is 14.0 Å². The first-order valence-electron chi connectivity index (χ1n) is 8.80. The Morgan fingerprint density at radius 3 is 2.67 bits per heavy atom. The minimum atomic E-state index is -0.780. The molecule has 0 fully saturated rings. The van der Waals surface area contributed by atoms with E-state index in [-0.39, 0.29) is 21.7 Å². The van der Waals surface area contributed by atoms with E-state index in [0.29, 0.717) is 11.4 Å². The van der Waals surface area contributed by atoms with Crippen molar-refractivity contribution in [3.05, 3.63) is 80.7 Å². The van der Waals surface area contributed by atoms with Crippen molar-refractivity contribution in [3.8, 4) is 5.69 Å². The average molecular weight is 425 g/mol. The number of aromatic nitrogens is 5. The normalized spacial score (nSPS) is 10.9. The van der Waals surface area contributed by atoms with Gasteiger partial charge in [-0.3, -0.25) is 9.59 Å². The first-order valence-corrected chi connectivity index (χ1v) is 9.17. The summed E-state index contributed by atoms with van der Waals surface area (Å²) in [7, 11) is 0. The largest absolute Gasteiger partial charge is 0.319 e. The molecule has 0 aliphatic rings. The van der Waals surface area contributed by atoms with Crippen LogP contribution in [0.5, 0.6) is 0 Å². The number of anilines is 1. The number of carbonyl (C=O) groups excluding carboxylic acids is 1. The number of fused-ring (bicyclic) bond motifs is 1. The number of hydrogen-bond donors (Lipinski definition) is 1. The summed E-state index contributed by atoms with van der Waals surface area (Å²) < 4.78 is 15.8. The van der Waals surface area contributed by atoms with Gasteiger partial charge in [0.2, 0.25) is 5.43 Å². The van der Waals surface area contributed by atoms with Crippen LogP contribution in [0.3, 0.4) is 0 Å². The summed E-state index contributed by atoms with van der Waals surface area (Å²) in [6.45, 7) is 3.55. The Morgan fingerprint density at radius 1 is 1.17 bits per heavy atom. The van der Waals surface area contributed by atoms with Crippen LogP contribution < -0.4 is 10.7 Å². The van der Waals surface area contributed by atoms with Crippen molar-refractivity contribution in [2.75, 3.05) is 5.32 Å². The molecule has 1 aromatic carbocycles. The Labute approximate surface area is 174 Å². The molecular weight excluding hydrogens is 411 g/mol. The van der Waals surface area contributed by atoms with E-state index in [1.54, 1.807) is 13.0 Å². The predicted molar refractivity (Wildman–Crippen MR) is 110 cm³/mol. The van der Waals surface area contributed by atoms with Crippen LogP contribution in [0.1, 0.15) is 21.7 Å². The maximum Gasteiger partial charge on any atom is 0.280 e. The molecular formula is C20H14ClFN6O2. The molecule has 3 aromatic heterocycles. The molecule has 4 rings (SSSR count). The maximum atomic E-state index is 14.7. The number of benzene rings is 1. The highest BCUT2D eigenvalue weighted by atomic mass is 35.5. The van der Waals surface area contributed by atoms with Gasteiger partial charge < -0.3 is 5.32 Å². The smallest absolute Gasteiger partial charge is 0.280 e. The van der Waals surface area contributed by atoms with E-state index < -0.39 is 22.8 Å². The highest BCUT2D eigenvalue weighted by Gasteiger charge is 2.21. The molecule has 0 atom stereocenters. The minimum absolute atomic E-state index is 0.000420. The third-order valence-electron chi connectivity index (χ3n) is 4.50. The van der Waals surface area contributed by atoms with Gasteiger partial charge in [0.25, 0.3) is 5.91 Å². The van der Waals surface area contributed by atoms with Crippen LogP contribution >= 0.6 is 11.6 Å². The van der Waals surface area contributed by atoms with Gasteiger partial charge in [-0.05, 0) is 49.7 Å². The van der Waals surface area contributed by atoms with Gasteiger partial charge in [-0.15, -0.1) is 0 Å². The first-order chi connectivity index (χ1) is 14.3. The number of amides is 1. The molecule has 10 heteroatoms. The summed E-state index contributed by atoms with van der Waals surface area (Å²) in [5.74, 6) is -1.44. The zero-order valence-corrected chi connectivity index (χ0v) is 16.6. The molecule has 1 N–H and O–H groups in total. The number of nitrogens with one attached hydrogen (secondary N) is 1. The highest BCUT2D eigenvalue weighted by Crippen LogP contribution is 2.22. The first kappa shape index (κ1) is 19.6. The molecule has 0 unspecified atom stereocenters. The van der Waals surface area contributed by atoms with Crippen LogP contribution in [-0.4, -0.2) is 30.9 Å². The lowest BCUT2D eigenvalue weighted by Crippen LogP contribution is -2.28. The fourth-order valence-electron chi connectivity index (χ4n) is 2.87. The second-order valence-electron chi connectivity index (χ2n) is 6.53. The number of halogens is 2. The number of pyridine rings is 1. The van der Waals surface area contributed by atoms with Crippen molar-refractivity contribution in [2.45, 2.75) is 13.8 Å². The van der Waals surface area contributed by atoms with Crippen molar-refractivity contribution in [1.82, 2.24) is 25.0 Å². The van der Waals surface area contributed by atoms with Gasteiger partial charge in [-0.2, -0.15) is 15.3 Å². The fraction of sp³-hybridized carbons (Fsp3) is 0.100. The van der Waals surface area contributed by atoms with Crippen molar-refractivity contribution in [2.24, 2.45) is 0 Å². The summed E-state index contributed by atoms with van der Waals surface area (Å²) >= 11 is 5.86. The second-order valence-corrected chi connectivity index (χ2v) is 6.97. The summed E-state index contributed by atoms with van der Waals surface area (Å²) in [4.78, 5) is 30.1. The molecule has 0 saturated heterocycles. The van der Waals surface area contributed by atoms with Gasteiger partial charge >= 0.3 is 0 Å². The van der Waals surface area contributed by atoms with Crippen LogP contribution in [0.2, 0.25) is 5.02 Å². The van der Waals surface area contributed by atoms with E-state index in [1.165, 1.54) is 35.3 Å². The zero-order valence-electron chi connectivity index (χ0n) is 15.8. The van der Waals surface area contributed by atoms with Crippen LogP contribution in [0.25, 0.3) is 16.7 Å². The Balaban J connectivity index is 1.98. The number of hydrogen-bond acceptors (Lipinski definition) is 6. The SMILES string of the molecule is Cc1cc2c(nc1C)c(=O)c(C(=O)Nc1ccnnc1)nn2-c1ccc(Cl)cc1F. The minimum Gasteiger partial charge on any atom is -0.319 e. The van der Waals surface area contributed by atoms with E-state index in [2.05, 4.69) is 25.6 Å². The number of nitrogens with zero attached hydrogens (tertiary/aromatic N) is 5. The predicted octanol–water partition coefficient (Wildman–Crippen LogP) is 3.23. The molecule has 4 aromatic rings. The van der Waals surface area contributed by atoms with Crippen LogP contribution in [0.15, 0.2) is 47.5 Å². The number of carbonyl (C=O) groups is 1. The number of aryl methyl sites for hydroxylation is 2. The van der Waals surface area contributed by atoms with Crippen molar-refractivity contribution >= 4 is 34.2 Å². The van der Waals surface area contributed by atoms with Gasteiger partial charge in [-0.1, -0.05) is 11.6 Å². The maximum absolute atomic E-state index is 14.7. The quantitative estimate of drug-likeness (QED) is 0.541. The highest BCUT2D eigenvalue weighted by molar-refractivity contribution is 6.30. The van der Waals surface area contributed by atoms with Crippen LogP contribution in [0, 0.1) is 19.7 Å². The van der Waals surface area contributed by atoms with E-state index in [4.69, 9.17) is 11.6 Å². The molecule has 3 heterocycles. The summed E-state index contributed by atoms with van der Waals surface area (Å²) in [6.07, 6.45) is 2.71. The van der Waals surface area contributed by atoms with Crippen LogP contribution in [-0.2, 0) is 0 Å². The van der Waals surface area contributed by atoms with Crippen molar-refractivity contribution in [1.29, 1.82) is 0 Å². The molecule has 8 nitrogen and oxygen atoms in total. The fourth-order valence-corrected chi connectivity index (χ4v) is 3.03. The molecule has 1 amide bonds. The zero-order chi connectivity index (χ0) is 21.4. The monoisotopic (exact) mass is 424 g/mol. The van der Waals surface area contributed by atoms with Crippen LogP contribution in [0.4, 0.5) is 10.1 Å². The summed E-state index contributed by atoms with van der Waals surface area (Å²) in [5, 5.41) is 14.2. The Morgan fingerprint density at radius 2 is 1.97 bits per heavy atom. The summed E-state index contributed by atoms with van der Waals surface area (Å²) in [5.41, 5.74) is 0.905. The Bertz CT molecular complexity index is 1360. The third-order valence-corrected chi connectivity index (χ3v) is 4.73. The second kappa shape index (κ2) is 7.60.